The molecule has 0 saturated heterocycles. The van der Waals surface area contributed by atoms with Crippen LogP contribution < -0.4 is 5.73 Å². The zero-order valence-corrected chi connectivity index (χ0v) is 9.67. The van der Waals surface area contributed by atoms with E-state index in [1.807, 2.05) is 0 Å². The number of rotatable bonds is 4. The molecule has 0 fully saturated rings. The summed E-state index contributed by atoms with van der Waals surface area (Å²) in [6.07, 6.45) is 2.07. The molecule has 2 N–H and O–H groups in total. The van der Waals surface area contributed by atoms with Gasteiger partial charge in [-0.3, -0.25) is 0 Å². The maximum Gasteiger partial charge on any atom is 0.166 e. The van der Waals surface area contributed by atoms with Gasteiger partial charge >= 0.3 is 0 Å². The highest BCUT2D eigenvalue weighted by Gasteiger charge is 2.23. The molecule has 1 atom stereocenters. The Hall–Kier alpha value is -1.07. The SMILES string of the molecule is C=CCC[C@@H](N)c1c(F)c(F)cc(F)c1F.Cl. The van der Waals surface area contributed by atoms with Crippen LogP contribution in [0.5, 0.6) is 0 Å². The van der Waals surface area contributed by atoms with E-state index in [9.17, 15) is 17.6 Å². The van der Waals surface area contributed by atoms with Crippen LogP contribution >= 0.6 is 12.4 Å². The van der Waals surface area contributed by atoms with E-state index in [2.05, 4.69) is 6.58 Å². The first kappa shape index (κ1) is 15.9. The van der Waals surface area contributed by atoms with Gasteiger partial charge in [0.2, 0.25) is 0 Å². The molecule has 0 aliphatic carbocycles. The largest absolute Gasteiger partial charge is 0.324 e. The quantitative estimate of drug-likeness (QED) is 0.504. The van der Waals surface area contributed by atoms with Crippen molar-refractivity contribution >= 4 is 12.4 Å². The number of hydrogen-bond donors (Lipinski definition) is 1. The van der Waals surface area contributed by atoms with E-state index in [0.717, 1.165) is 0 Å². The van der Waals surface area contributed by atoms with Gasteiger partial charge in [-0.1, -0.05) is 6.08 Å². The third-order valence-electron chi connectivity index (χ3n) is 2.20. The van der Waals surface area contributed by atoms with Crippen LogP contribution in [-0.2, 0) is 0 Å². The summed E-state index contributed by atoms with van der Waals surface area (Å²) in [7, 11) is 0. The average Bonchev–Trinajstić information content (AvgIpc) is 2.24. The molecule has 0 bridgehead atoms. The highest BCUT2D eigenvalue weighted by atomic mass is 35.5. The van der Waals surface area contributed by atoms with Crippen LogP contribution in [0, 0.1) is 23.3 Å². The maximum absolute atomic E-state index is 13.2. The standard InChI is InChI=1S/C11H11F4N.ClH/c1-2-3-4-8(16)9-10(14)6(12)5-7(13)11(9)15;/h2,5,8H,1,3-4,16H2;1H/t8-;/m1./s1. The molecule has 0 aromatic heterocycles. The van der Waals surface area contributed by atoms with Crippen LogP contribution in [0.4, 0.5) is 17.6 Å². The highest BCUT2D eigenvalue weighted by molar-refractivity contribution is 5.85. The average molecular weight is 270 g/mol. The second-order valence-corrected chi connectivity index (χ2v) is 3.35. The molecule has 1 aromatic rings. The lowest BCUT2D eigenvalue weighted by atomic mass is 10.0. The van der Waals surface area contributed by atoms with E-state index >= 15 is 0 Å². The summed E-state index contributed by atoms with van der Waals surface area (Å²) in [6.45, 7) is 3.42. The fraction of sp³-hybridized carbons (Fsp3) is 0.273. The number of halogens is 5. The Balaban J connectivity index is 0.00000256. The summed E-state index contributed by atoms with van der Waals surface area (Å²) >= 11 is 0. The summed E-state index contributed by atoms with van der Waals surface area (Å²) in [6, 6.07) is -0.933. The van der Waals surface area contributed by atoms with Crippen molar-refractivity contribution in [1.29, 1.82) is 0 Å². The molecule has 0 radical (unpaired) electrons. The monoisotopic (exact) mass is 269 g/mol. The van der Waals surface area contributed by atoms with E-state index in [1.54, 1.807) is 0 Å². The highest BCUT2D eigenvalue weighted by Crippen LogP contribution is 2.26. The Bertz CT molecular complexity index is 383. The number of allylic oxidation sites excluding steroid dienone is 1. The molecule has 0 spiro atoms. The summed E-state index contributed by atoms with van der Waals surface area (Å²) < 4.78 is 52.2. The molecule has 96 valence electrons. The van der Waals surface area contributed by atoms with Crippen molar-refractivity contribution in [3.63, 3.8) is 0 Å². The molecule has 1 rings (SSSR count). The number of nitrogens with two attached hydrogens (primary N) is 1. The van der Waals surface area contributed by atoms with Crippen molar-refractivity contribution in [2.75, 3.05) is 0 Å². The minimum absolute atomic E-state index is 0. The van der Waals surface area contributed by atoms with Gasteiger partial charge in [0.25, 0.3) is 0 Å². The van der Waals surface area contributed by atoms with Crippen LogP contribution in [0.2, 0.25) is 0 Å². The Morgan fingerprint density at radius 1 is 1.18 bits per heavy atom. The Labute approximate surface area is 103 Å². The zero-order chi connectivity index (χ0) is 12.3. The minimum atomic E-state index is -1.44. The van der Waals surface area contributed by atoms with Crippen molar-refractivity contribution in [2.24, 2.45) is 5.73 Å². The van der Waals surface area contributed by atoms with Crippen molar-refractivity contribution in [3.8, 4) is 0 Å². The van der Waals surface area contributed by atoms with Gasteiger partial charge in [0.15, 0.2) is 23.3 Å². The van der Waals surface area contributed by atoms with Crippen molar-refractivity contribution in [3.05, 3.63) is 47.6 Å². The fourth-order valence-electron chi connectivity index (χ4n) is 1.36. The van der Waals surface area contributed by atoms with E-state index in [1.165, 1.54) is 6.08 Å². The second-order valence-electron chi connectivity index (χ2n) is 3.35. The van der Waals surface area contributed by atoms with Gasteiger partial charge in [-0.15, -0.1) is 19.0 Å². The second kappa shape index (κ2) is 6.61. The van der Waals surface area contributed by atoms with Crippen molar-refractivity contribution in [1.82, 2.24) is 0 Å². The van der Waals surface area contributed by atoms with Gasteiger partial charge in [-0.2, -0.15) is 0 Å². The summed E-state index contributed by atoms with van der Waals surface area (Å²) in [5.41, 5.74) is 4.71. The maximum atomic E-state index is 13.2. The summed E-state index contributed by atoms with van der Waals surface area (Å²) in [4.78, 5) is 0. The first-order valence-corrected chi connectivity index (χ1v) is 4.68. The van der Waals surface area contributed by atoms with E-state index in [4.69, 9.17) is 5.73 Å². The minimum Gasteiger partial charge on any atom is -0.324 e. The molecule has 1 aromatic carbocycles. The van der Waals surface area contributed by atoms with Crippen LogP contribution in [0.3, 0.4) is 0 Å². The first-order valence-electron chi connectivity index (χ1n) is 4.68. The normalized spacial score (nSPS) is 11.8. The fourth-order valence-corrected chi connectivity index (χ4v) is 1.36. The summed E-state index contributed by atoms with van der Waals surface area (Å²) in [5.74, 6) is -5.75. The third kappa shape index (κ3) is 3.44. The smallest absolute Gasteiger partial charge is 0.166 e. The lowest BCUT2D eigenvalue weighted by Crippen LogP contribution is -2.16. The molecule has 0 unspecified atom stereocenters. The van der Waals surface area contributed by atoms with Gasteiger partial charge in [-0.05, 0) is 12.8 Å². The van der Waals surface area contributed by atoms with E-state index in [0.29, 0.717) is 6.42 Å². The van der Waals surface area contributed by atoms with Crippen molar-refractivity contribution < 1.29 is 17.6 Å². The molecule has 1 nitrogen and oxygen atoms in total. The Kier molecular flexibility index (Phi) is 6.20. The zero-order valence-electron chi connectivity index (χ0n) is 8.85. The van der Waals surface area contributed by atoms with Gasteiger partial charge in [-0.25, -0.2) is 17.6 Å². The van der Waals surface area contributed by atoms with Crippen molar-refractivity contribution in [2.45, 2.75) is 18.9 Å². The molecular weight excluding hydrogens is 258 g/mol. The van der Waals surface area contributed by atoms with E-state index in [-0.39, 0.29) is 24.9 Å². The number of hydrogen-bond acceptors (Lipinski definition) is 1. The van der Waals surface area contributed by atoms with Crippen LogP contribution in [0.15, 0.2) is 18.7 Å². The van der Waals surface area contributed by atoms with Gasteiger partial charge < -0.3 is 5.73 Å². The van der Waals surface area contributed by atoms with Gasteiger partial charge in [0, 0.05) is 17.7 Å². The predicted molar refractivity (Wildman–Crippen MR) is 59.9 cm³/mol. The lowest BCUT2D eigenvalue weighted by molar-refractivity contribution is 0.423. The molecule has 0 aliphatic heterocycles. The topological polar surface area (TPSA) is 26.0 Å². The molecule has 17 heavy (non-hydrogen) atoms. The number of benzene rings is 1. The van der Waals surface area contributed by atoms with Crippen LogP contribution in [0.25, 0.3) is 0 Å². The molecule has 6 heteroatoms. The van der Waals surface area contributed by atoms with Gasteiger partial charge in [0.1, 0.15) is 0 Å². The van der Waals surface area contributed by atoms with Crippen LogP contribution in [-0.4, -0.2) is 0 Å². The van der Waals surface area contributed by atoms with E-state index < -0.39 is 34.9 Å². The predicted octanol–water partition coefficient (Wildman–Crippen LogP) is 3.63. The van der Waals surface area contributed by atoms with Gasteiger partial charge in [0.05, 0.1) is 0 Å². The third-order valence-corrected chi connectivity index (χ3v) is 2.20. The Morgan fingerprint density at radius 2 is 1.65 bits per heavy atom. The molecule has 0 aliphatic rings. The lowest BCUT2D eigenvalue weighted by Gasteiger charge is -2.13. The molecule has 0 heterocycles. The Morgan fingerprint density at radius 3 is 2.06 bits per heavy atom. The van der Waals surface area contributed by atoms with Crippen LogP contribution in [0.1, 0.15) is 24.4 Å². The summed E-state index contributed by atoms with van der Waals surface area (Å²) in [5, 5.41) is 0. The molecule has 0 saturated carbocycles. The first-order chi connectivity index (χ1) is 7.49. The molecule has 0 amide bonds. The molecular formula is C11H12ClF4N.